The molecule has 2 rings (SSSR count). The predicted molar refractivity (Wildman–Crippen MR) is 88.4 cm³/mol. The molecule has 0 aliphatic carbocycles. The second-order valence-electron chi connectivity index (χ2n) is 6.24. The molecule has 1 N–H and O–H groups in total. The number of rotatable bonds is 5. The van der Waals surface area contributed by atoms with Crippen molar-refractivity contribution in [3.8, 4) is 0 Å². The third kappa shape index (κ3) is 3.99. The van der Waals surface area contributed by atoms with E-state index in [2.05, 4.69) is 42.3 Å². The van der Waals surface area contributed by atoms with E-state index in [1.54, 1.807) is 0 Å². The van der Waals surface area contributed by atoms with Crippen LogP contribution in [0.5, 0.6) is 0 Å². The van der Waals surface area contributed by atoms with Crippen LogP contribution < -0.4 is 10.2 Å². The number of nitrogens with zero attached hydrogens (tertiary/aromatic N) is 1. The average molecular weight is 274 g/mol. The predicted octanol–water partition coefficient (Wildman–Crippen LogP) is 4.12. The fraction of sp³-hybridized carbons (Fsp3) is 0.667. The minimum absolute atomic E-state index is 0.947. The topological polar surface area (TPSA) is 15.3 Å². The van der Waals surface area contributed by atoms with E-state index in [0.29, 0.717) is 0 Å². The second-order valence-corrected chi connectivity index (χ2v) is 6.24. The summed E-state index contributed by atoms with van der Waals surface area (Å²) in [7, 11) is 2.03. The first-order valence-electron chi connectivity index (χ1n) is 8.23. The first kappa shape index (κ1) is 15.4. The standard InChI is InChI=1S/C18H30N2/c1-4-6-16-7-5-11-20(12-10-16)18-9-8-15(2)13-17(18)14-19-3/h8-9,13,16,19H,4-7,10-12,14H2,1-3H3. The van der Waals surface area contributed by atoms with Crippen LogP contribution in [0, 0.1) is 12.8 Å². The summed E-state index contributed by atoms with van der Waals surface area (Å²) in [4.78, 5) is 2.61. The van der Waals surface area contributed by atoms with Crippen LogP contribution in [0.4, 0.5) is 5.69 Å². The summed E-state index contributed by atoms with van der Waals surface area (Å²) in [5, 5.41) is 3.31. The van der Waals surface area contributed by atoms with Gasteiger partial charge in [-0.25, -0.2) is 0 Å². The fourth-order valence-corrected chi connectivity index (χ4v) is 3.46. The molecule has 0 amide bonds. The summed E-state index contributed by atoms with van der Waals surface area (Å²) in [5.41, 5.74) is 4.25. The van der Waals surface area contributed by atoms with Crippen molar-refractivity contribution in [3.05, 3.63) is 29.3 Å². The summed E-state index contributed by atoms with van der Waals surface area (Å²) in [6.45, 7) is 7.91. The Bertz CT molecular complexity index is 414. The van der Waals surface area contributed by atoms with E-state index in [4.69, 9.17) is 0 Å². The van der Waals surface area contributed by atoms with Crippen LogP contribution in [0.15, 0.2) is 18.2 Å². The molecule has 0 saturated carbocycles. The van der Waals surface area contributed by atoms with Crippen molar-refractivity contribution in [2.45, 2.75) is 52.5 Å². The van der Waals surface area contributed by atoms with Gasteiger partial charge in [0.05, 0.1) is 0 Å². The zero-order valence-corrected chi connectivity index (χ0v) is 13.4. The fourth-order valence-electron chi connectivity index (χ4n) is 3.46. The minimum atomic E-state index is 0.947. The number of hydrogen-bond acceptors (Lipinski definition) is 2. The van der Waals surface area contributed by atoms with Gasteiger partial charge in [-0.15, -0.1) is 0 Å². The van der Waals surface area contributed by atoms with Gasteiger partial charge < -0.3 is 10.2 Å². The van der Waals surface area contributed by atoms with Crippen LogP contribution in [0.2, 0.25) is 0 Å². The Labute approximate surface area is 124 Å². The Hall–Kier alpha value is -1.02. The number of aryl methyl sites for hydroxylation is 1. The molecule has 1 aromatic rings. The van der Waals surface area contributed by atoms with Crippen molar-refractivity contribution < 1.29 is 0 Å². The van der Waals surface area contributed by atoms with Crippen LogP contribution in [-0.4, -0.2) is 20.1 Å². The van der Waals surface area contributed by atoms with E-state index < -0.39 is 0 Å². The van der Waals surface area contributed by atoms with Crippen molar-refractivity contribution in [1.82, 2.24) is 5.32 Å². The maximum absolute atomic E-state index is 3.31. The normalized spacial score (nSPS) is 19.9. The molecule has 1 atom stereocenters. The molecule has 1 fully saturated rings. The minimum Gasteiger partial charge on any atom is -0.371 e. The van der Waals surface area contributed by atoms with Crippen LogP contribution >= 0.6 is 0 Å². The van der Waals surface area contributed by atoms with Crippen molar-refractivity contribution in [3.63, 3.8) is 0 Å². The molecule has 2 heteroatoms. The van der Waals surface area contributed by atoms with E-state index in [-0.39, 0.29) is 0 Å². The summed E-state index contributed by atoms with van der Waals surface area (Å²) < 4.78 is 0. The van der Waals surface area contributed by atoms with E-state index in [1.165, 1.54) is 62.0 Å². The lowest BCUT2D eigenvalue weighted by Gasteiger charge is -2.26. The van der Waals surface area contributed by atoms with Gasteiger partial charge in [-0.05, 0) is 50.8 Å². The largest absolute Gasteiger partial charge is 0.371 e. The third-order valence-corrected chi connectivity index (χ3v) is 4.49. The zero-order chi connectivity index (χ0) is 14.4. The summed E-state index contributed by atoms with van der Waals surface area (Å²) >= 11 is 0. The zero-order valence-electron chi connectivity index (χ0n) is 13.4. The average Bonchev–Trinajstić information content (AvgIpc) is 2.66. The van der Waals surface area contributed by atoms with Crippen LogP contribution in [0.1, 0.15) is 50.2 Å². The van der Waals surface area contributed by atoms with Gasteiger partial charge in [-0.2, -0.15) is 0 Å². The van der Waals surface area contributed by atoms with E-state index in [1.807, 2.05) is 7.05 Å². The smallest absolute Gasteiger partial charge is 0.0412 e. The quantitative estimate of drug-likeness (QED) is 0.869. The molecule has 1 aliphatic heterocycles. The van der Waals surface area contributed by atoms with Gasteiger partial charge in [0.1, 0.15) is 0 Å². The molecular weight excluding hydrogens is 244 g/mol. The van der Waals surface area contributed by atoms with Gasteiger partial charge in [0, 0.05) is 25.3 Å². The molecule has 1 aromatic carbocycles. The molecule has 1 heterocycles. The van der Waals surface area contributed by atoms with Crippen molar-refractivity contribution in [2.24, 2.45) is 5.92 Å². The van der Waals surface area contributed by atoms with Gasteiger partial charge in [0.15, 0.2) is 0 Å². The van der Waals surface area contributed by atoms with Crippen molar-refractivity contribution >= 4 is 5.69 Å². The second kappa shape index (κ2) is 7.68. The molecule has 1 unspecified atom stereocenters. The van der Waals surface area contributed by atoms with Gasteiger partial charge in [0.25, 0.3) is 0 Å². The Morgan fingerprint density at radius 1 is 1.25 bits per heavy atom. The molecule has 0 bridgehead atoms. The van der Waals surface area contributed by atoms with E-state index >= 15 is 0 Å². The molecule has 1 aliphatic rings. The number of nitrogens with one attached hydrogen (secondary N) is 1. The molecule has 2 nitrogen and oxygen atoms in total. The highest BCUT2D eigenvalue weighted by molar-refractivity contribution is 5.55. The lowest BCUT2D eigenvalue weighted by atomic mass is 9.96. The molecule has 112 valence electrons. The monoisotopic (exact) mass is 274 g/mol. The van der Waals surface area contributed by atoms with Crippen LogP contribution in [0.3, 0.4) is 0 Å². The summed E-state index contributed by atoms with van der Waals surface area (Å²) in [6, 6.07) is 6.91. The van der Waals surface area contributed by atoms with Crippen molar-refractivity contribution in [1.29, 1.82) is 0 Å². The highest BCUT2D eigenvalue weighted by Crippen LogP contribution is 2.28. The molecule has 0 radical (unpaired) electrons. The molecule has 20 heavy (non-hydrogen) atoms. The number of anilines is 1. The molecule has 0 spiro atoms. The number of benzene rings is 1. The highest BCUT2D eigenvalue weighted by atomic mass is 15.1. The SMILES string of the molecule is CCCC1CCCN(c2ccc(C)cc2CNC)CC1. The first-order valence-corrected chi connectivity index (χ1v) is 8.23. The van der Waals surface area contributed by atoms with Gasteiger partial charge in [0.2, 0.25) is 0 Å². The Kier molecular flexibility index (Phi) is 5.90. The Morgan fingerprint density at radius 3 is 2.85 bits per heavy atom. The van der Waals surface area contributed by atoms with Crippen LogP contribution in [0.25, 0.3) is 0 Å². The highest BCUT2D eigenvalue weighted by Gasteiger charge is 2.18. The van der Waals surface area contributed by atoms with E-state index in [0.717, 1.165) is 12.5 Å². The molecular formula is C18H30N2. The maximum Gasteiger partial charge on any atom is 0.0412 e. The maximum atomic E-state index is 3.31. The molecule has 1 saturated heterocycles. The summed E-state index contributed by atoms with van der Waals surface area (Å²) in [5.74, 6) is 0.947. The first-order chi connectivity index (χ1) is 9.74. The van der Waals surface area contributed by atoms with Gasteiger partial charge >= 0.3 is 0 Å². The Morgan fingerprint density at radius 2 is 2.10 bits per heavy atom. The van der Waals surface area contributed by atoms with Gasteiger partial charge in [-0.3, -0.25) is 0 Å². The third-order valence-electron chi connectivity index (χ3n) is 4.49. The lowest BCUT2D eigenvalue weighted by molar-refractivity contribution is 0.435. The lowest BCUT2D eigenvalue weighted by Crippen LogP contribution is -2.26. The van der Waals surface area contributed by atoms with Crippen LogP contribution in [-0.2, 0) is 6.54 Å². The van der Waals surface area contributed by atoms with Gasteiger partial charge in [-0.1, -0.05) is 37.5 Å². The summed E-state index contributed by atoms with van der Waals surface area (Å²) in [6.07, 6.45) is 6.86. The Balaban J connectivity index is 2.10. The van der Waals surface area contributed by atoms with E-state index in [9.17, 15) is 0 Å². The molecule has 0 aromatic heterocycles. The number of hydrogen-bond donors (Lipinski definition) is 1. The van der Waals surface area contributed by atoms with Crippen molar-refractivity contribution in [2.75, 3.05) is 25.0 Å².